The van der Waals surface area contributed by atoms with Crippen molar-refractivity contribution in [2.45, 2.75) is 37.3 Å². The number of anilines is 1. The largest absolute Gasteiger partial charge is 0.327 e. The summed E-state index contributed by atoms with van der Waals surface area (Å²) in [6, 6.07) is 4.94. The first-order chi connectivity index (χ1) is 9.59. The van der Waals surface area contributed by atoms with Gasteiger partial charge in [0.1, 0.15) is 4.21 Å². The van der Waals surface area contributed by atoms with E-state index in [1.165, 1.54) is 23.6 Å². The number of sulfonamides is 1. The Hall–Kier alpha value is -1.60. The predicted octanol–water partition coefficient (Wildman–Crippen LogP) is 2.84. The zero-order valence-corrected chi connectivity index (χ0v) is 14.0. The van der Waals surface area contributed by atoms with Crippen molar-refractivity contribution in [3.63, 3.8) is 0 Å². The summed E-state index contributed by atoms with van der Waals surface area (Å²) in [5.74, 6) is 0. The molecule has 2 rings (SSSR count). The quantitative estimate of drug-likeness (QED) is 0.910. The van der Waals surface area contributed by atoms with Gasteiger partial charge in [-0.15, -0.1) is 11.3 Å². The van der Waals surface area contributed by atoms with Crippen LogP contribution in [0, 0.1) is 6.92 Å². The highest BCUT2D eigenvalue weighted by atomic mass is 32.2. The van der Waals surface area contributed by atoms with Gasteiger partial charge in [0.25, 0.3) is 15.6 Å². The van der Waals surface area contributed by atoms with Crippen molar-refractivity contribution in [3.8, 4) is 0 Å². The van der Waals surface area contributed by atoms with Gasteiger partial charge < -0.3 is 4.98 Å². The van der Waals surface area contributed by atoms with Crippen LogP contribution in [0.1, 0.15) is 31.2 Å². The van der Waals surface area contributed by atoms with E-state index in [0.717, 1.165) is 4.88 Å². The lowest BCUT2D eigenvalue weighted by molar-refractivity contribution is 0.603. The molecule has 0 fully saturated rings. The maximum Gasteiger partial charge on any atom is 0.271 e. The number of aromatic amines is 1. The van der Waals surface area contributed by atoms with Crippen LogP contribution in [0.2, 0.25) is 0 Å². The van der Waals surface area contributed by atoms with Crippen molar-refractivity contribution >= 4 is 27.0 Å². The molecule has 0 atom stereocenters. The normalized spacial score (nSPS) is 12.4. The lowest BCUT2D eigenvalue weighted by Gasteiger charge is -2.15. The summed E-state index contributed by atoms with van der Waals surface area (Å²) in [7, 11) is -3.64. The van der Waals surface area contributed by atoms with Crippen molar-refractivity contribution in [1.29, 1.82) is 0 Å². The fraction of sp³-hybridized carbons (Fsp3) is 0.357. The molecule has 0 bridgehead atoms. The summed E-state index contributed by atoms with van der Waals surface area (Å²) in [5, 5.41) is 0. The number of rotatable bonds is 3. The highest BCUT2D eigenvalue weighted by Gasteiger charge is 2.22. The predicted molar refractivity (Wildman–Crippen MR) is 85.6 cm³/mol. The molecule has 2 heterocycles. The topological polar surface area (TPSA) is 79.0 Å². The second kappa shape index (κ2) is 5.31. The van der Waals surface area contributed by atoms with Gasteiger partial charge in [-0.3, -0.25) is 9.52 Å². The molecule has 114 valence electrons. The van der Waals surface area contributed by atoms with E-state index in [1.54, 1.807) is 13.0 Å². The van der Waals surface area contributed by atoms with Crippen LogP contribution in [0.25, 0.3) is 0 Å². The Labute approximate surface area is 128 Å². The molecule has 21 heavy (non-hydrogen) atoms. The van der Waals surface area contributed by atoms with E-state index < -0.39 is 10.0 Å². The molecule has 0 amide bonds. The van der Waals surface area contributed by atoms with E-state index in [2.05, 4.69) is 9.71 Å². The smallest absolute Gasteiger partial charge is 0.271 e. The van der Waals surface area contributed by atoms with Crippen LogP contribution in [0.3, 0.4) is 0 Å². The molecule has 0 aliphatic heterocycles. The zero-order valence-electron chi connectivity index (χ0n) is 12.4. The lowest BCUT2D eigenvalue weighted by Crippen LogP contribution is -2.15. The summed E-state index contributed by atoms with van der Waals surface area (Å²) in [5.41, 5.74) is 0.478. The average molecular weight is 326 g/mol. The zero-order chi connectivity index (χ0) is 15.8. The van der Waals surface area contributed by atoms with Crippen LogP contribution in [0.5, 0.6) is 0 Å². The molecule has 7 heteroatoms. The Balaban J connectivity index is 2.32. The highest BCUT2D eigenvalue weighted by molar-refractivity contribution is 7.94. The molecule has 0 aliphatic rings. The number of nitrogens with one attached hydrogen (secondary N) is 2. The first-order valence-corrected chi connectivity index (χ1v) is 8.72. The average Bonchev–Trinajstić information content (AvgIpc) is 2.83. The van der Waals surface area contributed by atoms with Crippen molar-refractivity contribution in [2.24, 2.45) is 0 Å². The Kier molecular flexibility index (Phi) is 3.99. The van der Waals surface area contributed by atoms with Crippen molar-refractivity contribution in [1.82, 2.24) is 4.98 Å². The molecule has 5 nitrogen and oxygen atoms in total. The molecule has 0 unspecified atom stereocenters. The Morgan fingerprint density at radius 3 is 2.43 bits per heavy atom. The fourth-order valence-electron chi connectivity index (χ4n) is 1.73. The minimum Gasteiger partial charge on any atom is -0.327 e. The van der Waals surface area contributed by atoms with Gasteiger partial charge in [-0.25, -0.2) is 8.42 Å². The number of H-pyrrole nitrogens is 1. The fourth-order valence-corrected chi connectivity index (χ4v) is 4.13. The number of hydrogen-bond donors (Lipinski definition) is 2. The molecule has 0 radical (unpaired) electrons. The highest BCUT2D eigenvalue weighted by Crippen LogP contribution is 2.32. The number of thiophene rings is 1. The maximum atomic E-state index is 12.3. The second-order valence-corrected chi connectivity index (χ2v) is 8.87. The standard InChI is InChI=1S/C14H18N2O3S2/c1-9-7-10(8-15-13(9)17)16-21(18,19)12-6-5-11(20-12)14(2,3)4/h5-8,16H,1-4H3,(H,15,17). The molecule has 2 N–H and O–H groups in total. The maximum absolute atomic E-state index is 12.3. The number of aryl methyl sites for hydroxylation is 1. The van der Waals surface area contributed by atoms with Crippen molar-refractivity contribution in [2.75, 3.05) is 4.72 Å². The van der Waals surface area contributed by atoms with Crippen LogP contribution in [-0.4, -0.2) is 13.4 Å². The second-order valence-electron chi connectivity index (χ2n) is 5.87. The first kappa shape index (κ1) is 15.8. The Morgan fingerprint density at radius 1 is 1.24 bits per heavy atom. The lowest BCUT2D eigenvalue weighted by atomic mass is 9.95. The molecular formula is C14H18N2O3S2. The Morgan fingerprint density at radius 2 is 1.90 bits per heavy atom. The van der Waals surface area contributed by atoms with Crippen molar-refractivity contribution < 1.29 is 8.42 Å². The van der Waals surface area contributed by atoms with Gasteiger partial charge >= 0.3 is 0 Å². The van der Waals surface area contributed by atoms with Gasteiger partial charge in [0.15, 0.2) is 0 Å². The van der Waals surface area contributed by atoms with E-state index in [4.69, 9.17) is 0 Å². The van der Waals surface area contributed by atoms with E-state index in [-0.39, 0.29) is 15.2 Å². The molecule has 0 aliphatic carbocycles. The summed E-state index contributed by atoms with van der Waals surface area (Å²) in [4.78, 5) is 14.8. The van der Waals surface area contributed by atoms with E-state index in [9.17, 15) is 13.2 Å². The van der Waals surface area contributed by atoms with Gasteiger partial charge in [0.05, 0.1) is 5.69 Å². The first-order valence-electron chi connectivity index (χ1n) is 6.42. The van der Waals surface area contributed by atoms with Gasteiger partial charge in [0, 0.05) is 16.6 Å². The Bertz CT molecular complexity index is 811. The molecular weight excluding hydrogens is 308 g/mol. The van der Waals surface area contributed by atoms with Gasteiger partial charge in [-0.1, -0.05) is 20.8 Å². The SMILES string of the molecule is Cc1cc(NS(=O)(=O)c2ccc(C(C)(C)C)s2)c[nH]c1=O. The van der Waals surface area contributed by atoms with Gasteiger partial charge in [-0.05, 0) is 30.5 Å². The third-order valence-electron chi connectivity index (χ3n) is 2.93. The van der Waals surface area contributed by atoms with Crippen LogP contribution in [0.15, 0.2) is 33.4 Å². The van der Waals surface area contributed by atoms with Crippen molar-refractivity contribution in [3.05, 3.63) is 45.2 Å². The van der Waals surface area contributed by atoms with E-state index in [0.29, 0.717) is 11.3 Å². The van der Waals surface area contributed by atoms with E-state index >= 15 is 0 Å². The van der Waals surface area contributed by atoms with Crippen LogP contribution in [0.4, 0.5) is 5.69 Å². The summed E-state index contributed by atoms with van der Waals surface area (Å²) in [6.45, 7) is 7.73. The minimum atomic E-state index is -3.64. The molecule has 0 saturated heterocycles. The summed E-state index contributed by atoms with van der Waals surface area (Å²) >= 11 is 1.25. The number of aromatic nitrogens is 1. The summed E-state index contributed by atoms with van der Waals surface area (Å²) < 4.78 is 27.4. The number of hydrogen-bond acceptors (Lipinski definition) is 4. The third kappa shape index (κ3) is 3.54. The number of pyridine rings is 1. The van der Waals surface area contributed by atoms with Crippen LogP contribution < -0.4 is 10.3 Å². The molecule has 2 aromatic rings. The van der Waals surface area contributed by atoms with Crippen LogP contribution >= 0.6 is 11.3 Å². The van der Waals surface area contributed by atoms with Crippen LogP contribution in [-0.2, 0) is 15.4 Å². The van der Waals surface area contributed by atoms with Gasteiger partial charge in [-0.2, -0.15) is 0 Å². The van der Waals surface area contributed by atoms with E-state index in [1.807, 2.05) is 26.8 Å². The molecule has 0 spiro atoms. The molecule has 0 saturated carbocycles. The molecule has 2 aromatic heterocycles. The molecule has 0 aromatic carbocycles. The van der Waals surface area contributed by atoms with Gasteiger partial charge in [0.2, 0.25) is 0 Å². The summed E-state index contributed by atoms with van der Waals surface area (Å²) in [6.07, 6.45) is 1.35. The minimum absolute atomic E-state index is 0.0903. The third-order valence-corrected chi connectivity index (χ3v) is 6.31. The monoisotopic (exact) mass is 326 g/mol.